The molecule has 1 saturated heterocycles. The topological polar surface area (TPSA) is 69.0 Å². The molecule has 0 spiro atoms. The largest absolute Gasteiger partial charge is 0.467 e. The number of piperazine rings is 1. The molecule has 2 amide bonds. The first kappa shape index (κ1) is 17.3. The Balaban J connectivity index is 1.54. The number of amides is 2. The highest BCUT2D eigenvalue weighted by atomic mass is 19.1. The number of carbonyl (C=O) groups excluding carboxylic acids is 1. The van der Waals surface area contributed by atoms with Gasteiger partial charge in [0.15, 0.2) is 0 Å². The standard InChI is InChI=1S/C18H22FN3O3/c1-13(23)14-4-5-17(16(19)11-14)21-6-8-22(9-7-21)18(24)20-12-15-3-2-10-25-15/h2-5,10-11,13,23H,6-9,12H2,1H3,(H,20,24)/t13-/m1/s1. The molecule has 0 radical (unpaired) electrons. The Bertz CT molecular complexity index is 710. The van der Waals surface area contributed by atoms with Gasteiger partial charge in [-0.05, 0) is 36.8 Å². The van der Waals surface area contributed by atoms with Crippen LogP contribution in [0.4, 0.5) is 14.9 Å². The van der Waals surface area contributed by atoms with Crippen LogP contribution in [0.25, 0.3) is 0 Å². The molecule has 0 aliphatic carbocycles. The number of benzene rings is 1. The molecule has 2 N–H and O–H groups in total. The molecule has 7 heteroatoms. The van der Waals surface area contributed by atoms with Gasteiger partial charge in [0.2, 0.25) is 0 Å². The van der Waals surface area contributed by atoms with Crippen LogP contribution >= 0.6 is 0 Å². The summed E-state index contributed by atoms with van der Waals surface area (Å²) in [4.78, 5) is 15.8. The Morgan fingerprint density at radius 1 is 1.32 bits per heavy atom. The van der Waals surface area contributed by atoms with Crippen molar-refractivity contribution in [2.45, 2.75) is 19.6 Å². The van der Waals surface area contributed by atoms with Crippen LogP contribution in [0.15, 0.2) is 41.0 Å². The molecule has 0 bridgehead atoms. The van der Waals surface area contributed by atoms with Crippen LogP contribution in [0.1, 0.15) is 24.4 Å². The maximum absolute atomic E-state index is 14.3. The zero-order valence-corrected chi connectivity index (χ0v) is 14.1. The number of carbonyl (C=O) groups is 1. The monoisotopic (exact) mass is 347 g/mol. The Labute approximate surface area is 145 Å². The van der Waals surface area contributed by atoms with Crippen molar-refractivity contribution in [3.8, 4) is 0 Å². The number of urea groups is 1. The number of nitrogens with zero attached hydrogens (tertiary/aromatic N) is 2. The maximum atomic E-state index is 14.3. The number of aliphatic hydroxyl groups excluding tert-OH is 1. The van der Waals surface area contributed by atoms with E-state index in [1.54, 1.807) is 42.4 Å². The summed E-state index contributed by atoms with van der Waals surface area (Å²) in [5.41, 5.74) is 1.05. The second-order valence-corrected chi connectivity index (χ2v) is 6.10. The molecule has 2 aromatic rings. The van der Waals surface area contributed by atoms with Gasteiger partial charge < -0.3 is 24.6 Å². The van der Waals surface area contributed by atoms with E-state index in [1.807, 2.05) is 4.90 Å². The minimum atomic E-state index is -0.696. The first-order valence-corrected chi connectivity index (χ1v) is 8.32. The molecule has 0 saturated carbocycles. The molecule has 25 heavy (non-hydrogen) atoms. The van der Waals surface area contributed by atoms with E-state index in [0.717, 1.165) is 0 Å². The van der Waals surface area contributed by atoms with Crippen LogP contribution in [-0.2, 0) is 6.54 Å². The lowest BCUT2D eigenvalue weighted by atomic mass is 10.1. The molecular weight excluding hydrogens is 325 g/mol. The van der Waals surface area contributed by atoms with E-state index in [9.17, 15) is 14.3 Å². The van der Waals surface area contributed by atoms with E-state index in [4.69, 9.17) is 4.42 Å². The van der Waals surface area contributed by atoms with Crippen molar-refractivity contribution < 1.29 is 18.7 Å². The summed E-state index contributed by atoms with van der Waals surface area (Å²) in [6.07, 6.45) is 0.871. The molecule has 2 heterocycles. The van der Waals surface area contributed by atoms with Gasteiger partial charge in [0, 0.05) is 26.2 Å². The van der Waals surface area contributed by atoms with Gasteiger partial charge in [0.1, 0.15) is 11.6 Å². The number of hydrogen-bond acceptors (Lipinski definition) is 4. The molecule has 0 unspecified atom stereocenters. The molecule has 3 rings (SSSR count). The van der Waals surface area contributed by atoms with E-state index in [1.165, 1.54) is 6.07 Å². The van der Waals surface area contributed by atoms with Gasteiger partial charge in [-0.15, -0.1) is 0 Å². The van der Waals surface area contributed by atoms with E-state index >= 15 is 0 Å². The number of hydrogen-bond donors (Lipinski definition) is 2. The highest BCUT2D eigenvalue weighted by Gasteiger charge is 2.23. The average molecular weight is 347 g/mol. The lowest BCUT2D eigenvalue weighted by molar-refractivity contribution is 0.192. The van der Waals surface area contributed by atoms with Crippen molar-refractivity contribution >= 4 is 11.7 Å². The summed E-state index contributed by atoms with van der Waals surface area (Å²) in [5.74, 6) is 0.348. The number of furan rings is 1. The van der Waals surface area contributed by atoms with Crippen molar-refractivity contribution in [3.63, 3.8) is 0 Å². The van der Waals surface area contributed by atoms with Gasteiger partial charge in [0.05, 0.1) is 24.6 Å². The van der Waals surface area contributed by atoms with E-state index in [-0.39, 0.29) is 11.8 Å². The smallest absolute Gasteiger partial charge is 0.317 e. The van der Waals surface area contributed by atoms with Gasteiger partial charge in [-0.1, -0.05) is 6.07 Å². The Hall–Kier alpha value is -2.54. The fourth-order valence-corrected chi connectivity index (χ4v) is 2.88. The van der Waals surface area contributed by atoms with Gasteiger partial charge in [-0.2, -0.15) is 0 Å². The Morgan fingerprint density at radius 2 is 2.08 bits per heavy atom. The third-order valence-corrected chi connectivity index (χ3v) is 4.36. The number of rotatable bonds is 4. The fourth-order valence-electron chi connectivity index (χ4n) is 2.88. The SMILES string of the molecule is C[C@@H](O)c1ccc(N2CCN(C(=O)NCc3ccco3)CC2)c(F)c1. The molecule has 1 aliphatic rings. The van der Waals surface area contributed by atoms with E-state index in [2.05, 4.69) is 5.32 Å². The van der Waals surface area contributed by atoms with Gasteiger partial charge in [-0.25, -0.2) is 9.18 Å². The van der Waals surface area contributed by atoms with Crippen molar-refractivity contribution in [2.24, 2.45) is 0 Å². The van der Waals surface area contributed by atoms with Crippen LogP contribution in [0.2, 0.25) is 0 Å². The summed E-state index contributed by atoms with van der Waals surface area (Å²) < 4.78 is 19.5. The summed E-state index contributed by atoms with van der Waals surface area (Å²) in [5, 5.41) is 12.3. The molecule has 134 valence electrons. The van der Waals surface area contributed by atoms with Crippen LogP contribution in [0.5, 0.6) is 0 Å². The first-order chi connectivity index (χ1) is 12.0. The average Bonchev–Trinajstić information content (AvgIpc) is 3.13. The summed E-state index contributed by atoms with van der Waals surface area (Å²) in [6.45, 7) is 4.09. The quantitative estimate of drug-likeness (QED) is 0.892. The van der Waals surface area contributed by atoms with E-state index < -0.39 is 6.10 Å². The van der Waals surface area contributed by atoms with Gasteiger partial charge in [-0.3, -0.25) is 0 Å². The van der Waals surface area contributed by atoms with Crippen molar-refractivity contribution in [2.75, 3.05) is 31.1 Å². The lowest BCUT2D eigenvalue weighted by Crippen LogP contribution is -2.51. The highest BCUT2D eigenvalue weighted by molar-refractivity contribution is 5.74. The Kier molecular flexibility index (Phi) is 5.23. The second kappa shape index (κ2) is 7.57. The molecule has 1 atom stereocenters. The van der Waals surface area contributed by atoms with Crippen LogP contribution < -0.4 is 10.2 Å². The minimum absolute atomic E-state index is 0.152. The third-order valence-electron chi connectivity index (χ3n) is 4.36. The van der Waals surface area contributed by atoms with Crippen LogP contribution in [0, 0.1) is 5.82 Å². The van der Waals surface area contributed by atoms with Crippen molar-refractivity contribution in [3.05, 3.63) is 53.7 Å². The normalized spacial score (nSPS) is 16.0. The van der Waals surface area contributed by atoms with Gasteiger partial charge in [0.25, 0.3) is 0 Å². The number of anilines is 1. The first-order valence-electron chi connectivity index (χ1n) is 8.32. The number of nitrogens with one attached hydrogen (secondary N) is 1. The fraction of sp³-hybridized carbons (Fsp3) is 0.389. The van der Waals surface area contributed by atoms with E-state index in [0.29, 0.717) is 49.7 Å². The summed E-state index contributed by atoms with van der Waals surface area (Å²) in [7, 11) is 0. The molecule has 1 fully saturated rings. The minimum Gasteiger partial charge on any atom is -0.467 e. The molecular formula is C18H22FN3O3. The van der Waals surface area contributed by atoms with Crippen LogP contribution in [0.3, 0.4) is 0 Å². The molecule has 6 nitrogen and oxygen atoms in total. The Morgan fingerprint density at radius 3 is 2.68 bits per heavy atom. The predicted octanol–water partition coefficient (Wildman–Crippen LogP) is 2.50. The zero-order valence-electron chi connectivity index (χ0n) is 14.1. The highest BCUT2D eigenvalue weighted by Crippen LogP contribution is 2.24. The van der Waals surface area contributed by atoms with Crippen molar-refractivity contribution in [1.29, 1.82) is 0 Å². The molecule has 1 aromatic heterocycles. The second-order valence-electron chi connectivity index (χ2n) is 6.10. The maximum Gasteiger partial charge on any atom is 0.317 e. The summed E-state index contributed by atoms with van der Waals surface area (Å²) in [6, 6.07) is 8.20. The lowest BCUT2D eigenvalue weighted by Gasteiger charge is -2.36. The number of aliphatic hydroxyl groups is 1. The zero-order chi connectivity index (χ0) is 17.8. The summed E-state index contributed by atoms with van der Waals surface area (Å²) >= 11 is 0. The van der Waals surface area contributed by atoms with Crippen LogP contribution in [-0.4, -0.2) is 42.2 Å². The molecule has 1 aromatic carbocycles. The third kappa shape index (κ3) is 4.11. The number of halogens is 1. The van der Waals surface area contributed by atoms with Gasteiger partial charge >= 0.3 is 6.03 Å². The van der Waals surface area contributed by atoms with Crippen molar-refractivity contribution in [1.82, 2.24) is 10.2 Å². The predicted molar refractivity (Wildman–Crippen MR) is 91.8 cm³/mol. The molecule has 1 aliphatic heterocycles.